The zero-order chi connectivity index (χ0) is 18.4. The average molecular weight is 367 g/mol. The van der Waals surface area contributed by atoms with Crippen LogP contribution in [-0.2, 0) is 9.59 Å². The van der Waals surface area contributed by atoms with Gasteiger partial charge < -0.3 is 24.6 Å². The Balaban J connectivity index is 2.14. The van der Waals surface area contributed by atoms with E-state index in [1.165, 1.54) is 27.5 Å². The second-order valence-electron chi connectivity index (χ2n) is 4.80. The minimum absolute atomic E-state index is 0.250. The number of hydrogen-bond acceptors (Lipinski definition) is 8. The molecular formula is C15H17N3O6S. The minimum Gasteiger partial charge on any atom is -0.493 e. The molecule has 134 valence electrons. The Kier molecular flexibility index (Phi) is 6.23. The Morgan fingerprint density at radius 1 is 1.28 bits per heavy atom. The lowest BCUT2D eigenvalue weighted by Crippen LogP contribution is -2.26. The molecule has 1 aromatic carbocycles. The summed E-state index contributed by atoms with van der Waals surface area (Å²) in [5, 5.41) is 18.6. The molecule has 2 rings (SSSR count). The number of hydrogen-bond donors (Lipinski definition) is 2. The summed E-state index contributed by atoms with van der Waals surface area (Å²) in [5.41, 5.74) is 0.648. The fourth-order valence-electron chi connectivity index (χ4n) is 2.07. The van der Waals surface area contributed by atoms with E-state index in [4.69, 9.17) is 19.3 Å². The average Bonchev–Trinajstić information content (AvgIpc) is 2.92. The molecule has 1 aromatic rings. The highest BCUT2D eigenvalue weighted by molar-refractivity contribution is 8.15. The molecular weight excluding hydrogens is 350 g/mol. The Labute approximate surface area is 148 Å². The number of carboxylic acids is 1. The van der Waals surface area contributed by atoms with Crippen LogP contribution < -0.4 is 19.5 Å². The van der Waals surface area contributed by atoms with Gasteiger partial charge in [0.15, 0.2) is 16.7 Å². The molecule has 0 spiro atoms. The van der Waals surface area contributed by atoms with E-state index in [2.05, 4.69) is 15.5 Å². The molecule has 1 fully saturated rings. The number of nitrogens with one attached hydrogen (secondary N) is 1. The summed E-state index contributed by atoms with van der Waals surface area (Å²) < 4.78 is 15.7. The van der Waals surface area contributed by atoms with Crippen LogP contribution >= 0.6 is 11.8 Å². The van der Waals surface area contributed by atoms with Crippen molar-refractivity contribution in [2.24, 2.45) is 10.2 Å². The van der Waals surface area contributed by atoms with Crippen molar-refractivity contribution < 1.29 is 28.9 Å². The lowest BCUT2D eigenvalue weighted by Gasteiger charge is -2.12. The second-order valence-corrected chi connectivity index (χ2v) is 5.99. The number of thioether (sulfide) groups is 1. The van der Waals surface area contributed by atoms with E-state index in [0.29, 0.717) is 22.8 Å². The number of aliphatic carboxylic acids is 1. The highest BCUT2D eigenvalue weighted by Gasteiger charge is 2.32. The summed E-state index contributed by atoms with van der Waals surface area (Å²) in [7, 11) is 4.52. The number of methoxy groups -OCH3 is 3. The van der Waals surface area contributed by atoms with Crippen LogP contribution in [0.2, 0.25) is 0 Å². The summed E-state index contributed by atoms with van der Waals surface area (Å²) >= 11 is 1.03. The van der Waals surface area contributed by atoms with Crippen molar-refractivity contribution in [2.45, 2.75) is 11.7 Å². The normalized spacial score (nSPS) is 18.4. The number of amides is 1. The fraction of sp³-hybridized carbons (Fsp3) is 0.333. The highest BCUT2D eigenvalue weighted by Crippen LogP contribution is 2.37. The molecule has 1 saturated heterocycles. The molecule has 9 nitrogen and oxygen atoms in total. The molecule has 0 unspecified atom stereocenters. The molecule has 1 atom stereocenters. The van der Waals surface area contributed by atoms with Gasteiger partial charge in [0.05, 0.1) is 34.0 Å². The van der Waals surface area contributed by atoms with Gasteiger partial charge in [-0.1, -0.05) is 11.8 Å². The lowest BCUT2D eigenvalue weighted by atomic mass is 10.2. The van der Waals surface area contributed by atoms with E-state index in [0.717, 1.165) is 11.8 Å². The van der Waals surface area contributed by atoms with E-state index in [1.807, 2.05) is 0 Å². The van der Waals surface area contributed by atoms with E-state index in [-0.39, 0.29) is 11.6 Å². The third-order valence-corrected chi connectivity index (χ3v) is 4.25. The number of carbonyl (C=O) groups excluding carboxylic acids is 1. The third-order valence-electron chi connectivity index (χ3n) is 3.18. The molecule has 10 heteroatoms. The van der Waals surface area contributed by atoms with Crippen molar-refractivity contribution in [1.82, 2.24) is 5.32 Å². The molecule has 0 aliphatic carbocycles. The third kappa shape index (κ3) is 4.63. The fourth-order valence-corrected chi connectivity index (χ4v) is 2.98. The smallest absolute Gasteiger partial charge is 0.305 e. The number of rotatable bonds is 7. The summed E-state index contributed by atoms with van der Waals surface area (Å²) in [6, 6.07) is 3.39. The summed E-state index contributed by atoms with van der Waals surface area (Å²) in [5.74, 6) is -0.0328. The lowest BCUT2D eigenvalue weighted by molar-refractivity contribution is -0.138. The van der Waals surface area contributed by atoms with Crippen molar-refractivity contribution in [3.8, 4) is 17.2 Å². The van der Waals surface area contributed by atoms with Gasteiger partial charge in [-0.05, 0) is 12.1 Å². The number of benzene rings is 1. The van der Waals surface area contributed by atoms with Crippen LogP contribution in [0.4, 0.5) is 0 Å². The van der Waals surface area contributed by atoms with Crippen molar-refractivity contribution >= 4 is 35.0 Å². The van der Waals surface area contributed by atoms with E-state index in [9.17, 15) is 9.59 Å². The standard InChI is InChI=1S/C15H17N3O6S/c1-22-9-4-8(5-10(23-2)13(9)24-3)7-16-18-15-17-14(21)11(25-15)6-12(19)20/h4-5,7,11H,6H2,1-3H3,(H,19,20)(H,17,18,21)/b16-7-/t11-/m1/s1. The van der Waals surface area contributed by atoms with Gasteiger partial charge in [-0.15, -0.1) is 5.10 Å². The largest absolute Gasteiger partial charge is 0.493 e. The molecule has 1 amide bonds. The molecule has 1 aliphatic rings. The minimum atomic E-state index is -1.05. The maximum Gasteiger partial charge on any atom is 0.305 e. The second kappa shape index (κ2) is 8.38. The monoisotopic (exact) mass is 367 g/mol. The van der Waals surface area contributed by atoms with Gasteiger partial charge >= 0.3 is 5.97 Å². The van der Waals surface area contributed by atoms with Crippen molar-refractivity contribution in [3.63, 3.8) is 0 Å². The maximum absolute atomic E-state index is 11.6. The number of ether oxygens (including phenoxy) is 3. The Bertz CT molecular complexity index is 709. The van der Waals surface area contributed by atoms with Crippen molar-refractivity contribution in [3.05, 3.63) is 17.7 Å². The quantitative estimate of drug-likeness (QED) is 0.547. The molecule has 1 aliphatic heterocycles. The molecule has 25 heavy (non-hydrogen) atoms. The van der Waals surface area contributed by atoms with Crippen LogP contribution in [0.15, 0.2) is 22.3 Å². The predicted octanol–water partition coefficient (Wildman–Crippen LogP) is 1.11. The Hall–Kier alpha value is -2.75. The van der Waals surface area contributed by atoms with E-state index < -0.39 is 17.1 Å². The van der Waals surface area contributed by atoms with Gasteiger partial charge in [0.25, 0.3) is 0 Å². The molecule has 0 radical (unpaired) electrons. The number of amidine groups is 1. The Morgan fingerprint density at radius 2 is 1.92 bits per heavy atom. The zero-order valence-corrected chi connectivity index (χ0v) is 14.6. The Morgan fingerprint density at radius 3 is 2.44 bits per heavy atom. The molecule has 1 heterocycles. The van der Waals surface area contributed by atoms with Gasteiger partial charge in [-0.25, -0.2) is 0 Å². The van der Waals surface area contributed by atoms with Crippen LogP contribution in [0, 0.1) is 0 Å². The summed E-state index contributed by atoms with van der Waals surface area (Å²) in [6.07, 6.45) is 1.18. The van der Waals surface area contributed by atoms with Gasteiger partial charge in [0, 0.05) is 5.56 Å². The van der Waals surface area contributed by atoms with Gasteiger partial charge in [0.2, 0.25) is 11.7 Å². The number of nitrogens with zero attached hydrogens (tertiary/aromatic N) is 2. The van der Waals surface area contributed by atoms with Crippen molar-refractivity contribution in [2.75, 3.05) is 21.3 Å². The SMILES string of the molecule is COc1cc(/C=N\N=C2\NC(=O)[C@@H](CC(=O)O)S2)cc(OC)c1OC. The first-order valence-electron chi connectivity index (χ1n) is 7.08. The first kappa shape index (κ1) is 18.6. The van der Waals surface area contributed by atoms with Crippen LogP contribution in [0.5, 0.6) is 17.2 Å². The molecule has 0 bridgehead atoms. The first-order valence-corrected chi connectivity index (χ1v) is 7.96. The van der Waals surface area contributed by atoms with Crippen LogP contribution in [0.3, 0.4) is 0 Å². The van der Waals surface area contributed by atoms with E-state index in [1.54, 1.807) is 12.1 Å². The van der Waals surface area contributed by atoms with Crippen LogP contribution in [-0.4, -0.2) is 54.9 Å². The number of carboxylic acid groups (broad SMARTS) is 1. The zero-order valence-electron chi connectivity index (χ0n) is 13.8. The number of carbonyl (C=O) groups is 2. The predicted molar refractivity (Wildman–Crippen MR) is 92.9 cm³/mol. The summed E-state index contributed by atoms with van der Waals surface area (Å²) in [6.45, 7) is 0. The van der Waals surface area contributed by atoms with Crippen LogP contribution in [0.25, 0.3) is 0 Å². The topological polar surface area (TPSA) is 119 Å². The maximum atomic E-state index is 11.6. The molecule has 0 aromatic heterocycles. The summed E-state index contributed by atoms with van der Waals surface area (Å²) in [4.78, 5) is 22.3. The van der Waals surface area contributed by atoms with Gasteiger partial charge in [-0.2, -0.15) is 5.10 Å². The van der Waals surface area contributed by atoms with Gasteiger partial charge in [0.1, 0.15) is 5.25 Å². The van der Waals surface area contributed by atoms with E-state index >= 15 is 0 Å². The highest BCUT2D eigenvalue weighted by atomic mass is 32.2. The first-order chi connectivity index (χ1) is 12.0. The molecule has 0 saturated carbocycles. The van der Waals surface area contributed by atoms with Gasteiger partial charge in [-0.3, -0.25) is 9.59 Å². The molecule has 2 N–H and O–H groups in total. The van der Waals surface area contributed by atoms with Crippen LogP contribution in [0.1, 0.15) is 12.0 Å². The van der Waals surface area contributed by atoms with Crippen molar-refractivity contribution in [1.29, 1.82) is 0 Å².